The zero-order valence-electron chi connectivity index (χ0n) is 15.9. The number of para-hydroxylation sites is 1. The SMILES string of the molecule is O=C(CN1CCC(NC(=O)CCc2ccc(F)cc2)CC1)Nc1ccccc1. The van der Waals surface area contributed by atoms with Gasteiger partial charge >= 0.3 is 0 Å². The highest BCUT2D eigenvalue weighted by atomic mass is 19.1. The van der Waals surface area contributed by atoms with Crippen molar-refractivity contribution in [3.8, 4) is 0 Å². The Bertz CT molecular complexity index is 772. The molecule has 0 spiro atoms. The maximum atomic E-state index is 12.9. The molecule has 0 radical (unpaired) electrons. The van der Waals surface area contributed by atoms with Crippen LogP contribution in [0.15, 0.2) is 54.6 Å². The largest absolute Gasteiger partial charge is 0.353 e. The Hall–Kier alpha value is -2.73. The second-order valence-electron chi connectivity index (χ2n) is 7.16. The van der Waals surface area contributed by atoms with Crippen molar-refractivity contribution >= 4 is 17.5 Å². The molecule has 2 N–H and O–H groups in total. The van der Waals surface area contributed by atoms with Crippen LogP contribution in [0, 0.1) is 5.82 Å². The van der Waals surface area contributed by atoms with E-state index >= 15 is 0 Å². The highest BCUT2D eigenvalue weighted by Gasteiger charge is 2.22. The van der Waals surface area contributed by atoms with E-state index in [1.165, 1.54) is 12.1 Å². The Labute approximate surface area is 164 Å². The van der Waals surface area contributed by atoms with Gasteiger partial charge in [0, 0.05) is 31.2 Å². The third kappa shape index (κ3) is 6.46. The van der Waals surface area contributed by atoms with E-state index in [0.717, 1.165) is 37.2 Å². The standard InChI is InChI=1S/C22H26FN3O2/c23-18-9-6-17(7-10-18)8-11-21(27)24-20-12-14-26(15-13-20)16-22(28)25-19-4-2-1-3-5-19/h1-7,9-10,20H,8,11-16H2,(H,24,27)(H,25,28). The minimum absolute atomic E-state index is 0.0181. The summed E-state index contributed by atoms with van der Waals surface area (Å²) in [4.78, 5) is 26.4. The van der Waals surface area contributed by atoms with Crippen LogP contribution >= 0.6 is 0 Å². The number of nitrogens with one attached hydrogen (secondary N) is 2. The van der Waals surface area contributed by atoms with Gasteiger partial charge in [0.25, 0.3) is 0 Å². The lowest BCUT2D eigenvalue weighted by Crippen LogP contribution is -2.46. The van der Waals surface area contributed by atoms with Gasteiger partial charge in [0.1, 0.15) is 5.82 Å². The minimum atomic E-state index is -0.266. The Morgan fingerprint density at radius 2 is 1.64 bits per heavy atom. The van der Waals surface area contributed by atoms with Crippen molar-refractivity contribution < 1.29 is 14.0 Å². The lowest BCUT2D eigenvalue weighted by Gasteiger charge is -2.31. The smallest absolute Gasteiger partial charge is 0.238 e. The number of benzene rings is 2. The zero-order chi connectivity index (χ0) is 19.8. The van der Waals surface area contributed by atoms with Gasteiger partial charge in [0.15, 0.2) is 0 Å². The van der Waals surface area contributed by atoms with E-state index in [0.29, 0.717) is 19.4 Å². The molecule has 1 saturated heterocycles. The molecule has 0 aromatic heterocycles. The van der Waals surface area contributed by atoms with Crippen LogP contribution in [0.4, 0.5) is 10.1 Å². The first-order valence-electron chi connectivity index (χ1n) is 9.69. The molecule has 0 aliphatic carbocycles. The molecule has 2 amide bonds. The molecule has 28 heavy (non-hydrogen) atoms. The predicted octanol–water partition coefficient (Wildman–Crippen LogP) is 2.98. The van der Waals surface area contributed by atoms with E-state index in [1.807, 2.05) is 30.3 Å². The van der Waals surface area contributed by atoms with Gasteiger partial charge in [-0.15, -0.1) is 0 Å². The van der Waals surface area contributed by atoms with E-state index < -0.39 is 0 Å². The van der Waals surface area contributed by atoms with E-state index in [4.69, 9.17) is 0 Å². The Kier molecular flexibility index (Phi) is 7.14. The fourth-order valence-electron chi connectivity index (χ4n) is 3.37. The number of hydrogen-bond donors (Lipinski definition) is 2. The van der Waals surface area contributed by atoms with Crippen LogP contribution in [0.2, 0.25) is 0 Å². The van der Waals surface area contributed by atoms with Gasteiger partial charge in [-0.2, -0.15) is 0 Å². The summed E-state index contributed by atoms with van der Waals surface area (Å²) in [5.41, 5.74) is 1.76. The molecule has 3 rings (SSSR count). The van der Waals surface area contributed by atoms with Gasteiger partial charge in [-0.05, 0) is 49.1 Å². The van der Waals surface area contributed by atoms with E-state index in [1.54, 1.807) is 12.1 Å². The van der Waals surface area contributed by atoms with Crippen molar-refractivity contribution in [3.63, 3.8) is 0 Å². The number of carbonyl (C=O) groups excluding carboxylic acids is 2. The second kappa shape index (κ2) is 9.99. The number of anilines is 1. The highest BCUT2D eigenvalue weighted by Crippen LogP contribution is 2.12. The molecule has 1 heterocycles. The van der Waals surface area contributed by atoms with Crippen LogP contribution in [0.3, 0.4) is 0 Å². The van der Waals surface area contributed by atoms with Crippen LogP contribution < -0.4 is 10.6 Å². The number of aryl methyl sites for hydroxylation is 1. The Balaban J connectivity index is 1.33. The number of rotatable bonds is 7. The number of carbonyl (C=O) groups is 2. The average Bonchev–Trinajstić information content (AvgIpc) is 2.70. The molecule has 0 unspecified atom stereocenters. The van der Waals surface area contributed by atoms with Gasteiger partial charge in [0.2, 0.25) is 11.8 Å². The summed E-state index contributed by atoms with van der Waals surface area (Å²) in [6.07, 6.45) is 2.66. The third-order valence-electron chi connectivity index (χ3n) is 4.93. The van der Waals surface area contributed by atoms with Crippen LogP contribution in [0.1, 0.15) is 24.8 Å². The van der Waals surface area contributed by atoms with Crippen molar-refractivity contribution in [2.75, 3.05) is 25.0 Å². The van der Waals surface area contributed by atoms with E-state index in [2.05, 4.69) is 15.5 Å². The highest BCUT2D eigenvalue weighted by molar-refractivity contribution is 5.92. The molecule has 0 atom stereocenters. The summed E-state index contributed by atoms with van der Waals surface area (Å²) >= 11 is 0. The fraction of sp³-hybridized carbons (Fsp3) is 0.364. The molecule has 5 nitrogen and oxygen atoms in total. The topological polar surface area (TPSA) is 61.4 Å². The molecular formula is C22H26FN3O2. The summed E-state index contributed by atoms with van der Waals surface area (Å²) in [6.45, 7) is 1.93. The molecule has 2 aromatic rings. The maximum Gasteiger partial charge on any atom is 0.238 e. The summed E-state index contributed by atoms with van der Waals surface area (Å²) in [7, 11) is 0. The fourth-order valence-corrected chi connectivity index (χ4v) is 3.37. The molecule has 1 aliphatic rings. The Morgan fingerprint density at radius 1 is 0.964 bits per heavy atom. The zero-order valence-corrected chi connectivity index (χ0v) is 15.9. The minimum Gasteiger partial charge on any atom is -0.353 e. The number of likely N-dealkylation sites (tertiary alicyclic amines) is 1. The summed E-state index contributed by atoms with van der Waals surface area (Å²) in [5.74, 6) is -0.269. The van der Waals surface area contributed by atoms with Gasteiger partial charge in [0.05, 0.1) is 6.54 Å². The van der Waals surface area contributed by atoms with Crippen LogP contribution in [-0.2, 0) is 16.0 Å². The number of hydrogen-bond acceptors (Lipinski definition) is 3. The lowest BCUT2D eigenvalue weighted by molar-refractivity contribution is -0.122. The number of halogens is 1. The summed E-state index contributed by atoms with van der Waals surface area (Å²) in [6, 6.07) is 15.8. The first-order chi connectivity index (χ1) is 13.6. The molecule has 1 fully saturated rings. The van der Waals surface area contributed by atoms with Crippen molar-refractivity contribution in [2.24, 2.45) is 0 Å². The van der Waals surface area contributed by atoms with Gasteiger partial charge in [-0.3, -0.25) is 14.5 Å². The summed E-state index contributed by atoms with van der Waals surface area (Å²) < 4.78 is 12.9. The molecular weight excluding hydrogens is 357 g/mol. The second-order valence-corrected chi connectivity index (χ2v) is 7.16. The van der Waals surface area contributed by atoms with Crippen molar-refractivity contribution in [1.29, 1.82) is 0 Å². The van der Waals surface area contributed by atoms with Gasteiger partial charge in [-0.25, -0.2) is 4.39 Å². The van der Waals surface area contributed by atoms with Crippen LogP contribution in [0.25, 0.3) is 0 Å². The van der Waals surface area contributed by atoms with Gasteiger partial charge in [-0.1, -0.05) is 30.3 Å². The van der Waals surface area contributed by atoms with E-state index in [9.17, 15) is 14.0 Å². The predicted molar refractivity (Wildman–Crippen MR) is 107 cm³/mol. The van der Waals surface area contributed by atoms with Crippen LogP contribution in [0.5, 0.6) is 0 Å². The molecule has 148 valence electrons. The van der Waals surface area contributed by atoms with Gasteiger partial charge < -0.3 is 10.6 Å². The van der Waals surface area contributed by atoms with Crippen LogP contribution in [-0.4, -0.2) is 42.4 Å². The normalized spacial score (nSPS) is 15.2. The van der Waals surface area contributed by atoms with Crippen molar-refractivity contribution in [1.82, 2.24) is 10.2 Å². The monoisotopic (exact) mass is 383 g/mol. The number of piperidine rings is 1. The number of amides is 2. The van der Waals surface area contributed by atoms with Crippen molar-refractivity contribution in [2.45, 2.75) is 31.7 Å². The summed E-state index contributed by atoms with van der Waals surface area (Å²) in [5, 5.41) is 5.97. The first kappa shape index (κ1) is 20.0. The van der Waals surface area contributed by atoms with Crippen molar-refractivity contribution in [3.05, 3.63) is 66.0 Å². The quantitative estimate of drug-likeness (QED) is 0.773. The maximum absolute atomic E-state index is 12.9. The number of nitrogens with zero attached hydrogens (tertiary/aromatic N) is 1. The average molecular weight is 383 g/mol. The van der Waals surface area contributed by atoms with E-state index in [-0.39, 0.29) is 23.7 Å². The molecule has 2 aromatic carbocycles. The first-order valence-corrected chi connectivity index (χ1v) is 9.69. The molecule has 6 heteroatoms. The molecule has 0 saturated carbocycles. The lowest BCUT2D eigenvalue weighted by atomic mass is 10.0. The Morgan fingerprint density at radius 3 is 2.32 bits per heavy atom. The third-order valence-corrected chi connectivity index (χ3v) is 4.93. The molecule has 1 aliphatic heterocycles. The molecule has 0 bridgehead atoms.